The van der Waals surface area contributed by atoms with Crippen LogP contribution in [0.1, 0.15) is 16.7 Å². The predicted octanol–water partition coefficient (Wildman–Crippen LogP) is 9.14. The lowest BCUT2D eigenvalue weighted by atomic mass is 9.94. The Morgan fingerprint density at radius 2 is 0.722 bits per heavy atom. The zero-order valence-corrected chi connectivity index (χ0v) is 17.9. The van der Waals surface area contributed by atoms with Crippen LogP contribution < -0.4 is 0 Å². The van der Waals surface area contributed by atoms with Crippen molar-refractivity contribution in [2.45, 2.75) is 18.5 Å². The Hall–Kier alpha value is -3.82. The van der Waals surface area contributed by atoms with Gasteiger partial charge in [0.15, 0.2) is 0 Å². The van der Waals surface area contributed by atoms with Gasteiger partial charge in [0.1, 0.15) is 0 Å². The molecule has 186 valence electrons. The van der Waals surface area contributed by atoms with Gasteiger partial charge in [0.05, 0.1) is 28.1 Å². The number of aromatic nitrogens is 1. The second-order valence-electron chi connectivity index (χ2n) is 7.76. The minimum absolute atomic E-state index is 0.239. The summed E-state index contributed by atoms with van der Waals surface area (Å²) in [4.78, 5) is 4.06. The molecule has 0 fully saturated rings. The van der Waals surface area contributed by atoms with Crippen LogP contribution in [0.2, 0.25) is 0 Å². The van der Waals surface area contributed by atoms with E-state index in [-0.39, 0.29) is 5.56 Å². The molecule has 0 radical (unpaired) electrons. The summed E-state index contributed by atoms with van der Waals surface area (Å²) in [7, 11) is 0. The third kappa shape index (κ3) is 5.07. The average molecular weight is 511 g/mol. The molecular weight excluding hydrogens is 497 g/mol. The van der Waals surface area contributed by atoms with Crippen LogP contribution in [-0.4, -0.2) is 4.98 Å². The fourth-order valence-electron chi connectivity index (χ4n) is 3.85. The first-order valence-electron chi connectivity index (χ1n) is 10.3. The molecule has 1 nitrogen and oxygen atoms in total. The van der Waals surface area contributed by atoms with E-state index in [4.69, 9.17) is 0 Å². The number of alkyl halides is 9. The highest BCUT2D eigenvalue weighted by molar-refractivity contribution is 5.80. The molecule has 3 aromatic carbocycles. The summed E-state index contributed by atoms with van der Waals surface area (Å²) in [6.07, 6.45) is -14.5. The van der Waals surface area contributed by atoms with E-state index in [2.05, 4.69) is 4.98 Å². The number of halogens is 9. The molecule has 0 saturated heterocycles. The first kappa shape index (κ1) is 25.3. The van der Waals surface area contributed by atoms with Crippen molar-refractivity contribution in [3.63, 3.8) is 0 Å². The van der Waals surface area contributed by atoms with Gasteiger partial charge in [-0.1, -0.05) is 54.6 Å². The molecule has 0 aliphatic heterocycles. The average Bonchev–Trinajstić information content (AvgIpc) is 2.82. The second-order valence-corrected chi connectivity index (χ2v) is 7.76. The molecular formula is C26H14F9N. The molecule has 4 rings (SSSR count). The van der Waals surface area contributed by atoms with Crippen LogP contribution in [-0.2, 0) is 18.5 Å². The summed E-state index contributed by atoms with van der Waals surface area (Å²) in [5.74, 6) is 0. The fraction of sp³-hybridized carbons (Fsp3) is 0.115. The maximum atomic E-state index is 13.7. The van der Waals surface area contributed by atoms with Crippen molar-refractivity contribution in [3.8, 4) is 33.6 Å². The van der Waals surface area contributed by atoms with Crippen molar-refractivity contribution in [1.82, 2.24) is 4.98 Å². The minimum Gasteiger partial charge on any atom is -0.248 e. The first-order chi connectivity index (χ1) is 16.8. The Labute approximate surface area is 198 Å². The molecule has 1 heterocycles. The smallest absolute Gasteiger partial charge is 0.248 e. The summed E-state index contributed by atoms with van der Waals surface area (Å²) < 4.78 is 123. The van der Waals surface area contributed by atoms with Crippen LogP contribution in [0, 0.1) is 0 Å². The van der Waals surface area contributed by atoms with Gasteiger partial charge in [-0.25, -0.2) is 4.98 Å². The van der Waals surface area contributed by atoms with Crippen LogP contribution >= 0.6 is 0 Å². The number of benzene rings is 3. The molecule has 0 N–H and O–H groups in total. The van der Waals surface area contributed by atoms with Crippen molar-refractivity contribution in [2.24, 2.45) is 0 Å². The van der Waals surface area contributed by atoms with Gasteiger partial charge in [-0.3, -0.25) is 0 Å². The maximum Gasteiger partial charge on any atom is 0.417 e. The topological polar surface area (TPSA) is 12.9 Å². The molecule has 0 atom stereocenters. The largest absolute Gasteiger partial charge is 0.417 e. The van der Waals surface area contributed by atoms with Crippen LogP contribution in [0.3, 0.4) is 0 Å². The molecule has 1 aromatic heterocycles. The van der Waals surface area contributed by atoms with E-state index in [0.717, 1.165) is 66.7 Å². The standard InChI is InChI=1S/C26H14F9N/c27-24(28,29)19-10-4-1-7-16(19)15-13-22(17-8-2-5-11-20(17)25(30,31)32)36-23(14-15)18-9-3-6-12-21(18)26(33,34)35/h1-14H. The number of hydrogen-bond donors (Lipinski definition) is 0. The quantitative estimate of drug-likeness (QED) is 0.250. The van der Waals surface area contributed by atoms with Crippen molar-refractivity contribution >= 4 is 0 Å². The van der Waals surface area contributed by atoms with Crippen molar-refractivity contribution in [1.29, 1.82) is 0 Å². The van der Waals surface area contributed by atoms with Gasteiger partial charge in [0, 0.05) is 11.1 Å². The Bertz CT molecular complexity index is 1220. The Balaban J connectivity index is 2.08. The molecule has 0 saturated carbocycles. The molecule has 10 heteroatoms. The number of rotatable bonds is 3. The van der Waals surface area contributed by atoms with E-state index in [9.17, 15) is 39.5 Å². The highest BCUT2D eigenvalue weighted by Gasteiger charge is 2.37. The van der Waals surface area contributed by atoms with Crippen molar-refractivity contribution in [2.75, 3.05) is 0 Å². The van der Waals surface area contributed by atoms with Crippen LogP contribution in [0.5, 0.6) is 0 Å². The second kappa shape index (κ2) is 9.00. The summed E-state index contributed by atoms with van der Waals surface area (Å²) in [6, 6.07) is 14.7. The highest BCUT2D eigenvalue weighted by atomic mass is 19.4. The van der Waals surface area contributed by atoms with Crippen LogP contribution in [0.15, 0.2) is 84.9 Å². The van der Waals surface area contributed by atoms with Gasteiger partial charge in [0.2, 0.25) is 0 Å². The van der Waals surface area contributed by atoms with Crippen molar-refractivity contribution in [3.05, 3.63) is 102 Å². The number of pyridine rings is 1. The fourth-order valence-corrected chi connectivity index (χ4v) is 3.85. The van der Waals surface area contributed by atoms with Gasteiger partial charge in [-0.15, -0.1) is 0 Å². The van der Waals surface area contributed by atoms with E-state index < -0.39 is 63.3 Å². The Morgan fingerprint density at radius 1 is 0.417 bits per heavy atom. The third-order valence-corrected chi connectivity index (χ3v) is 5.39. The van der Waals surface area contributed by atoms with E-state index in [1.165, 1.54) is 18.2 Å². The van der Waals surface area contributed by atoms with Crippen molar-refractivity contribution < 1.29 is 39.5 Å². The number of nitrogens with zero attached hydrogens (tertiary/aromatic N) is 1. The zero-order chi connectivity index (χ0) is 26.3. The third-order valence-electron chi connectivity index (χ3n) is 5.39. The molecule has 4 aromatic rings. The Morgan fingerprint density at radius 3 is 1.08 bits per heavy atom. The summed E-state index contributed by atoms with van der Waals surface area (Å²) >= 11 is 0. The van der Waals surface area contributed by atoms with E-state index in [1.54, 1.807) is 0 Å². The normalized spacial score (nSPS) is 12.6. The van der Waals surface area contributed by atoms with Gasteiger partial charge < -0.3 is 0 Å². The van der Waals surface area contributed by atoms with E-state index in [1.807, 2.05) is 0 Å². The van der Waals surface area contributed by atoms with Crippen LogP contribution in [0.4, 0.5) is 39.5 Å². The van der Waals surface area contributed by atoms with Crippen LogP contribution in [0.25, 0.3) is 33.6 Å². The molecule has 0 unspecified atom stereocenters. The van der Waals surface area contributed by atoms with E-state index >= 15 is 0 Å². The molecule has 36 heavy (non-hydrogen) atoms. The number of hydrogen-bond acceptors (Lipinski definition) is 1. The lowest BCUT2D eigenvalue weighted by Crippen LogP contribution is -2.10. The predicted molar refractivity (Wildman–Crippen MR) is 116 cm³/mol. The molecule has 0 aliphatic rings. The summed E-state index contributed by atoms with van der Waals surface area (Å²) in [6.45, 7) is 0. The minimum atomic E-state index is -4.85. The lowest BCUT2D eigenvalue weighted by Gasteiger charge is -2.18. The molecule has 0 aliphatic carbocycles. The first-order valence-corrected chi connectivity index (χ1v) is 10.3. The maximum absolute atomic E-state index is 13.7. The SMILES string of the molecule is FC(F)(F)c1ccccc1-c1cc(-c2ccccc2C(F)(F)F)nc(-c2ccccc2C(F)(F)F)c1. The Kier molecular flexibility index (Phi) is 6.32. The zero-order valence-electron chi connectivity index (χ0n) is 17.9. The highest BCUT2D eigenvalue weighted by Crippen LogP contribution is 2.43. The van der Waals surface area contributed by atoms with Gasteiger partial charge >= 0.3 is 18.5 Å². The monoisotopic (exact) mass is 511 g/mol. The molecule has 0 spiro atoms. The van der Waals surface area contributed by atoms with Gasteiger partial charge in [-0.05, 0) is 41.5 Å². The van der Waals surface area contributed by atoms with Gasteiger partial charge in [-0.2, -0.15) is 39.5 Å². The molecule has 0 bridgehead atoms. The van der Waals surface area contributed by atoms with E-state index in [0.29, 0.717) is 0 Å². The summed E-state index contributed by atoms with van der Waals surface area (Å²) in [5, 5.41) is 0. The lowest BCUT2D eigenvalue weighted by molar-refractivity contribution is -0.137. The molecule has 0 amide bonds. The summed E-state index contributed by atoms with van der Waals surface area (Å²) in [5.41, 5.74) is -5.83. The van der Waals surface area contributed by atoms with Gasteiger partial charge in [0.25, 0.3) is 0 Å².